The molecular formula is C7H32B2N5. The third-order valence-corrected chi connectivity index (χ3v) is 0. The largest absolute Gasteiger partial charge is 0.333 e. The molecule has 0 aromatic rings. The first-order valence-corrected chi connectivity index (χ1v) is 3.18. The molecule has 91 valence electrons. The van der Waals surface area contributed by atoms with Crippen LogP contribution < -0.4 is 22.9 Å². The maximum Gasteiger partial charge on any atom is 0 e. The van der Waals surface area contributed by atoms with Crippen molar-refractivity contribution in [3.8, 4) is 0 Å². The van der Waals surface area contributed by atoms with Crippen LogP contribution in [-0.4, -0.2) is 43.7 Å². The fourth-order valence-electron chi connectivity index (χ4n) is 0. The Balaban J connectivity index is -0.00000000515. The van der Waals surface area contributed by atoms with Crippen molar-refractivity contribution in [2.75, 3.05) is 28.2 Å². The molecule has 9 N–H and O–H groups in total. The smallest absolute Gasteiger partial charge is 0 e. The van der Waals surface area contributed by atoms with Gasteiger partial charge >= 0.3 is 19.2 Å². The van der Waals surface area contributed by atoms with Gasteiger partial charge in [0, 0.05) is 8.41 Å². The van der Waals surface area contributed by atoms with Crippen LogP contribution in [0.25, 0.3) is 0 Å². The van der Waals surface area contributed by atoms with Gasteiger partial charge in [0.05, 0.1) is 0 Å². The molecule has 0 atom stereocenters. The fraction of sp³-hybridized carbons (Fsp3) is 1.00. The van der Waals surface area contributed by atoms with E-state index in [2.05, 4.69) is 22.9 Å². The molecule has 0 bridgehead atoms. The second kappa shape index (κ2) is 2980. The standard InChI is InChI=1S/CH4BN.4CH5N.2CH4.B/c1-2-3;4*1-2;;;/h3H,1H3;4*2H2,1H3;2*1H4;. The average molecular weight is 208 g/mol. The van der Waals surface area contributed by atoms with Gasteiger partial charge in [-0.25, -0.2) is 0 Å². The van der Waals surface area contributed by atoms with E-state index in [0.29, 0.717) is 0 Å². The summed E-state index contributed by atoms with van der Waals surface area (Å²) < 4.78 is 0. The van der Waals surface area contributed by atoms with Crippen LogP contribution in [0.5, 0.6) is 0 Å². The minimum Gasteiger partial charge on any atom is -0.333 e. The molecule has 0 spiro atoms. The molecule has 0 fully saturated rings. The van der Waals surface area contributed by atoms with E-state index in [9.17, 15) is 0 Å². The Morgan fingerprint density at radius 2 is 0.714 bits per heavy atom. The molecule has 0 aliphatic heterocycles. The van der Waals surface area contributed by atoms with E-state index in [0.717, 1.165) is 0 Å². The SMILES string of the molecule is C.C.CB=N.CN.CN.CN.CN.[B]. The number of rotatable bonds is 0. The Morgan fingerprint density at radius 3 is 0.714 bits per heavy atom. The van der Waals surface area contributed by atoms with Gasteiger partial charge in [-0.3, -0.25) is 0 Å². The summed E-state index contributed by atoms with van der Waals surface area (Å²) in [6.07, 6.45) is 0. The molecular weight excluding hydrogens is 176 g/mol. The summed E-state index contributed by atoms with van der Waals surface area (Å²) >= 11 is 0. The average Bonchev–Trinajstić information content (AvgIpc) is 2.18. The Hall–Kier alpha value is -0.230. The van der Waals surface area contributed by atoms with Crippen LogP contribution in [0.1, 0.15) is 14.9 Å². The van der Waals surface area contributed by atoms with Gasteiger partial charge in [0.2, 0.25) is 0 Å². The molecule has 0 heterocycles. The summed E-state index contributed by atoms with van der Waals surface area (Å²) in [5.74, 6) is 0. The van der Waals surface area contributed by atoms with Crippen LogP contribution in [0.2, 0.25) is 6.82 Å². The quantitative estimate of drug-likeness (QED) is 0.349. The van der Waals surface area contributed by atoms with E-state index < -0.39 is 0 Å². The van der Waals surface area contributed by atoms with Gasteiger partial charge in [-0.1, -0.05) is 14.9 Å². The van der Waals surface area contributed by atoms with Gasteiger partial charge in [-0.15, -0.1) is 0 Å². The van der Waals surface area contributed by atoms with Crippen LogP contribution in [0.4, 0.5) is 0 Å². The monoisotopic (exact) mass is 208 g/mol. The van der Waals surface area contributed by atoms with Crippen molar-refractivity contribution < 1.29 is 0 Å². The second-order valence-corrected chi connectivity index (χ2v) is 0.289. The molecule has 14 heavy (non-hydrogen) atoms. The molecule has 0 aliphatic rings. The number of nitrogens with one attached hydrogen (secondary N) is 1. The summed E-state index contributed by atoms with van der Waals surface area (Å²) in [5, 5.41) is 6.08. The normalized spacial score (nSPS) is 2.36. The van der Waals surface area contributed by atoms with Gasteiger partial charge < -0.3 is 22.9 Å². The van der Waals surface area contributed by atoms with Crippen LogP contribution in [0.3, 0.4) is 0 Å². The predicted molar refractivity (Wildman–Crippen MR) is 74.0 cm³/mol. The van der Waals surface area contributed by atoms with Gasteiger partial charge in [0.25, 0.3) is 0 Å². The zero-order chi connectivity index (χ0) is 10.7. The second-order valence-electron chi connectivity index (χ2n) is 0.289. The first kappa shape index (κ1) is 67.4. The van der Waals surface area contributed by atoms with Crippen LogP contribution in [0, 0.1) is 5.31 Å². The molecule has 0 rings (SSSR count). The van der Waals surface area contributed by atoms with Crippen molar-refractivity contribution in [2.45, 2.75) is 21.7 Å². The Morgan fingerprint density at radius 1 is 0.714 bits per heavy atom. The van der Waals surface area contributed by atoms with E-state index in [-0.39, 0.29) is 23.3 Å². The van der Waals surface area contributed by atoms with Crippen LogP contribution in [0.15, 0.2) is 0 Å². The molecule has 0 aliphatic carbocycles. The maximum atomic E-state index is 6.08. The molecule has 0 aromatic heterocycles. The molecule has 7 heteroatoms. The van der Waals surface area contributed by atoms with E-state index in [1.165, 1.54) is 35.3 Å². The molecule has 0 saturated heterocycles. The molecule has 0 unspecified atom stereocenters. The maximum absolute atomic E-state index is 6.08. The van der Waals surface area contributed by atoms with Gasteiger partial charge in [0.1, 0.15) is 0 Å². The molecule has 0 aromatic carbocycles. The Bertz CT molecular complexity index is 27.6. The van der Waals surface area contributed by atoms with Gasteiger partial charge in [0.15, 0.2) is 0 Å². The van der Waals surface area contributed by atoms with E-state index in [4.69, 9.17) is 5.31 Å². The van der Waals surface area contributed by atoms with Crippen molar-refractivity contribution in [1.82, 2.24) is 0 Å². The van der Waals surface area contributed by atoms with E-state index in [1.54, 1.807) is 6.82 Å². The first-order valence-electron chi connectivity index (χ1n) is 3.18. The molecule has 5 nitrogen and oxygen atoms in total. The topological polar surface area (TPSA) is 128 Å². The van der Waals surface area contributed by atoms with Gasteiger partial charge in [-0.2, -0.15) is 0 Å². The summed E-state index contributed by atoms with van der Waals surface area (Å²) in [6, 6.07) is 0. The van der Waals surface area contributed by atoms with Crippen molar-refractivity contribution in [2.24, 2.45) is 22.9 Å². The van der Waals surface area contributed by atoms with Crippen molar-refractivity contribution in [3.63, 3.8) is 0 Å². The third kappa shape index (κ3) is 25800. The fourth-order valence-corrected chi connectivity index (χ4v) is 0. The molecule has 0 amide bonds. The minimum atomic E-state index is 0. The Kier molecular flexibility index (Phi) is 14400. The van der Waals surface area contributed by atoms with E-state index in [1.807, 2.05) is 0 Å². The zero-order valence-electron chi connectivity index (χ0n) is 8.96. The van der Waals surface area contributed by atoms with Crippen LogP contribution in [-0.2, 0) is 0 Å². The third-order valence-electron chi connectivity index (χ3n) is 0. The predicted octanol–water partition coefficient (Wildman–Crippen LogP) is -0.308. The van der Waals surface area contributed by atoms with E-state index >= 15 is 0 Å². The Labute approximate surface area is 94.3 Å². The first-order chi connectivity index (χ1) is 5.41. The molecule has 3 radical (unpaired) electrons. The summed E-state index contributed by atoms with van der Waals surface area (Å²) in [5.41, 5.74) is 18.0. The van der Waals surface area contributed by atoms with Crippen molar-refractivity contribution in [1.29, 1.82) is 5.31 Å². The minimum absolute atomic E-state index is 0. The molecule has 0 saturated carbocycles. The van der Waals surface area contributed by atoms with Crippen LogP contribution >= 0.6 is 0 Å². The number of nitrogens with two attached hydrogens (primary N) is 4. The number of hydrogen-bond donors (Lipinski definition) is 5. The van der Waals surface area contributed by atoms with Crippen molar-refractivity contribution >= 4 is 15.5 Å². The van der Waals surface area contributed by atoms with Crippen molar-refractivity contribution in [3.05, 3.63) is 0 Å². The summed E-state index contributed by atoms with van der Waals surface area (Å²) in [6.45, 7) is 1.67. The summed E-state index contributed by atoms with van der Waals surface area (Å²) in [7, 11) is 7.25. The van der Waals surface area contributed by atoms with Gasteiger partial charge in [-0.05, 0) is 28.2 Å². The number of hydrogen-bond acceptors (Lipinski definition) is 5. The summed E-state index contributed by atoms with van der Waals surface area (Å²) in [4.78, 5) is 0. The zero-order valence-corrected chi connectivity index (χ0v) is 8.96.